The van der Waals surface area contributed by atoms with Crippen LogP contribution in [0.5, 0.6) is 0 Å². The first-order valence-electron chi connectivity index (χ1n) is 27.0. The fourth-order valence-corrected chi connectivity index (χ4v) is 9.74. The first-order valence-corrected chi connectivity index (χ1v) is 27.0. The molecular weight excluding hydrogens is 909 g/mol. The monoisotopic (exact) mass is 1000 g/mol. The van der Waals surface area contributed by atoms with Gasteiger partial charge in [0.15, 0.2) is 11.9 Å². The Morgan fingerprint density at radius 1 is 0.729 bits per heavy atom. The molecule has 2 aliphatic heterocycles. The van der Waals surface area contributed by atoms with Gasteiger partial charge in [0.1, 0.15) is 36.6 Å². The number of carboxylic acid groups (broad SMARTS) is 1. The number of hydrogen-bond acceptors (Lipinski definition) is 15. The molecule has 0 aliphatic carbocycles. The second-order valence-electron chi connectivity index (χ2n) is 20.0. The topological polar surface area (TPSA) is 305 Å². The third-order valence-corrected chi connectivity index (χ3v) is 14.1. The summed E-state index contributed by atoms with van der Waals surface area (Å²) in [4.78, 5) is 38.5. The summed E-state index contributed by atoms with van der Waals surface area (Å²) >= 11 is 0. The average molecular weight is 1010 g/mol. The number of carbonyl (C=O) groups is 3. The minimum Gasteiger partial charge on any atom is -0.479 e. The van der Waals surface area contributed by atoms with Gasteiger partial charge in [-0.15, -0.1) is 0 Å². The highest BCUT2D eigenvalue weighted by Crippen LogP contribution is 2.41. The van der Waals surface area contributed by atoms with Gasteiger partial charge in [0.25, 0.3) is 0 Å². The van der Waals surface area contributed by atoms with Gasteiger partial charge in [0.05, 0.1) is 50.2 Å². The van der Waals surface area contributed by atoms with Gasteiger partial charge in [-0.3, -0.25) is 9.59 Å². The number of rotatable bonds is 40. The SMILES string of the molecule is CCCCCCCCCCCCC/C=C/[C@H](O)[C@@H](CO[C@@H]1O[C@H](CO)[C@H](O)[C@H](C(O)[C@]2(C(=O)O)C[C@H](O)[C@@H](NC(C)=O)[C@H]([C@H](O)[C@H](O)CO)O2)[C@H]1O)NC(=O)CCCCCCCCCCCCCCC. The number of unbranched alkanes of at least 4 members (excludes halogenated alkanes) is 23. The van der Waals surface area contributed by atoms with E-state index >= 15 is 0 Å². The van der Waals surface area contributed by atoms with Gasteiger partial charge < -0.3 is 75.9 Å². The number of aliphatic hydroxyl groups is 9. The van der Waals surface area contributed by atoms with Crippen molar-refractivity contribution in [3.8, 4) is 0 Å². The predicted molar refractivity (Wildman–Crippen MR) is 264 cm³/mol. The van der Waals surface area contributed by atoms with Gasteiger partial charge in [0, 0.05) is 25.7 Å². The summed E-state index contributed by atoms with van der Waals surface area (Å²) < 4.78 is 17.4. The fraction of sp³-hybridized carbons (Fsp3) is 0.904. The molecule has 1 unspecified atom stereocenters. The van der Waals surface area contributed by atoms with Crippen LogP contribution in [0.1, 0.15) is 194 Å². The summed E-state index contributed by atoms with van der Waals surface area (Å²) in [5, 5.41) is 114. The van der Waals surface area contributed by atoms with E-state index in [1.807, 2.05) is 6.08 Å². The summed E-state index contributed by atoms with van der Waals surface area (Å²) in [6, 6.07) is -2.62. The largest absolute Gasteiger partial charge is 0.479 e. The molecule has 2 fully saturated rings. The van der Waals surface area contributed by atoms with Crippen LogP contribution in [0, 0.1) is 5.92 Å². The molecule has 0 saturated carbocycles. The van der Waals surface area contributed by atoms with Gasteiger partial charge in [0.2, 0.25) is 11.8 Å². The summed E-state index contributed by atoms with van der Waals surface area (Å²) in [6.45, 7) is 3.09. The Balaban J connectivity index is 2.18. The molecule has 18 nitrogen and oxygen atoms in total. The van der Waals surface area contributed by atoms with Gasteiger partial charge in [-0.25, -0.2) is 4.79 Å². The van der Waals surface area contributed by atoms with E-state index in [-0.39, 0.29) is 12.3 Å². The number of amides is 2. The molecule has 70 heavy (non-hydrogen) atoms. The first kappa shape index (κ1) is 63.8. The molecule has 2 rings (SSSR count). The Labute approximate surface area is 418 Å². The molecule has 0 spiro atoms. The standard InChI is InChI=1S/C52H96N2O16/c1-4-6-8-10-12-14-16-18-20-22-24-26-28-30-38(58)37(54-42(61)31-29-27-25-23-21-19-17-15-13-11-9-7-5-2)35-68-50-47(64)43(46(63)41(34-56)69-50)49(65)52(51(66)67)32-39(59)44(53-36(3)57)48(70-52)45(62)40(60)33-55/h28,30,37-41,43-50,55-56,58-60,62-65H,4-27,29,31-35H2,1-3H3,(H,53,57)(H,54,61)(H,66,67)/b30-28+/t37-,38+,39+,40-,41-,43+,44-,45-,46+,47-,48-,49?,50-,52+/m1/s1. The molecule has 12 N–H and O–H groups in total. The molecule has 14 atom stereocenters. The minimum atomic E-state index is -2.94. The lowest BCUT2D eigenvalue weighted by Crippen LogP contribution is -2.73. The molecule has 2 heterocycles. The number of nitrogens with one attached hydrogen (secondary N) is 2. The van der Waals surface area contributed by atoms with Crippen molar-refractivity contribution in [2.24, 2.45) is 5.92 Å². The molecule has 0 aromatic rings. The fourth-order valence-electron chi connectivity index (χ4n) is 9.74. The lowest BCUT2D eigenvalue weighted by molar-refractivity contribution is -0.320. The maximum atomic E-state index is 13.3. The van der Waals surface area contributed by atoms with Crippen molar-refractivity contribution in [3.05, 3.63) is 12.2 Å². The maximum Gasteiger partial charge on any atom is 0.338 e. The normalized spacial score (nSPS) is 27.2. The lowest BCUT2D eigenvalue weighted by Gasteiger charge is -2.52. The molecule has 2 saturated heterocycles. The van der Waals surface area contributed by atoms with Crippen LogP contribution in [0.15, 0.2) is 12.2 Å². The number of hydrogen-bond donors (Lipinski definition) is 12. The van der Waals surface area contributed by atoms with E-state index in [2.05, 4.69) is 24.5 Å². The highest BCUT2D eigenvalue weighted by Gasteiger charge is 2.63. The van der Waals surface area contributed by atoms with Gasteiger partial charge in [-0.2, -0.15) is 0 Å². The maximum absolute atomic E-state index is 13.3. The molecular formula is C52H96N2O16. The second kappa shape index (κ2) is 36.6. The van der Waals surface area contributed by atoms with Crippen LogP contribution in [0.3, 0.4) is 0 Å². The molecule has 0 aromatic heterocycles. The minimum absolute atomic E-state index is 0.190. The van der Waals surface area contributed by atoms with Crippen LogP contribution >= 0.6 is 0 Å². The predicted octanol–water partition coefficient (Wildman–Crippen LogP) is 4.20. The quantitative estimate of drug-likeness (QED) is 0.0303. The molecule has 2 aliphatic rings. The van der Waals surface area contributed by atoms with E-state index in [1.165, 1.54) is 103 Å². The van der Waals surface area contributed by atoms with Crippen LogP contribution in [0.25, 0.3) is 0 Å². The van der Waals surface area contributed by atoms with Crippen molar-refractivity contribution in [2.75, 3.05) is 19.8 Å². The number of allylic oxidation sites excluding steroid dienone is 1. The van der Waals surface area contributed by atoms with Crippen LogP contribution in [-0.2, 0) is 28.6 Å². The number of ether oxygens (including phenoxy) is 3. The third-order valence-electron chi connectivity index (χ3n) is 14.1. The zero-order valence-corrected chi connectivity index (χ0v) is 42.8. The zero-order valence-electron chi connectivity index (χ0n) is 42.8. The molecule has 410 valence electrons. The van der Waals surface area contributed by atoms with Gasteiger partial charge >= 0.3 is 5.97 Å². The van der Waals surface area contributed by atoms with Crippen molar-refractivity contribution < 1.29 is 79.7 Å². The summed E-state index contributed by atoms with van der Waals surface area (Å²) in [6.07, 6.45) is 12.3. The Morgan fingerprint density at radius 3 is 1.70 bits per heavy atom. The third kappa shape index (κ3) is 22.4. The summed E-state index contributed by atoms with van der Waals surface area (Å²) in [5.74, 6) is -4.94. The van der Waals surface area contributed by atoms with Crippen LogP contribution in [-0.4, -0.2) is 168 Å². The zero-order chi connectivity index (χ0) is 51.9. The lowest BCUT2D eigenvalue weighted by atomic mass is 9.72. The number of carbonyl (C=O) groups excluding carboxylic acids is 2. The van der Waals surface area contributed by atoms with Gasteiger partial charge in [-0.1, -0.05) is 167 Å². The second-order valence-corrected chi connectivity index (χ2v) is 20.0. The van der Waals surface area contributed by atoms with Gasteiger partial charge in [-0.05, 0) is 19.3 Å². The van der Waals surface area contributed by atoms with Crippen molar-refractivity contribution >= 4 is 17.8 Å². The summed E-state index contributed by atoms with van der Waals surface area (Å²) in [7, 11) is 0. The van der Waals surface area contributed by atoms with Crippen LogP contribution in [0.2, 0.25) is 0 Å². The number of aliphatic hydroxyl groups excluding tert-OH is 9. The van der Waals surface area contributed by atoms with Crippen molar-refractivity contribution in [2.45, 2.75) is 273 Å². The highest BCUT2D eigenvalue weighted by molar-refractivity contribution is 5.79. The highest BCUT2D eigenvalue weighted by atomic mass is 16.7. The average Bonchev–Trinajstić information content (AvgIpc) is 3.33. The number of aliphatic carboxylic acids is 1. The Bertz CT molecular complexity index is 1430. The molecule has 18 heteroatoms. The summed E-state index contributed by atoms with van der Waals surface area (Å²) in [5.41, 5.74) is -2.94. The van der Waals surface area contributed by atoms with Crippen molar-refractivity contribution in [1.29, 1.82) is 0 Å². The Morgan fingerprint density at radius 2 is 1.23 bits per heavy atom. The van der Waals surface area contributed by atoms with E-state index in [4.69, 9.17) is 14.2 Å². The van der Waals surface area contributed by atoms with E-state index in [9.17, 15) is 65.4 Å². The van der Waals surface area contributed by atoms with E-state index in [0.29, 0.717) is 12.8 Å². The number of carboxylic acids is 1. The first-order chi connectivity index (χ1) is 33.6. The molecule has 0 radical (unpaired) electrons. The smallest absolute Gasteiger partial charge is 0.338 e. The Hall–Kier alpha value is -2.33. The van der Waals surface area contributed by atoms with Crippen molar-refractivity contribution in [3.63, 3.8) is 0 Å². The molecule has 0 bridgehead atoms. The van der Waals surface area contributed by atoms with E-state index in [0.717, 1.165) is 51.9 Å². The van der Waals surface area contributed by atoms with E-state index < -0.39 is 123 Å². The molecule has 2 amide bonds. The van der Waals surface area contributed by atoms with E-state index in [1.54, 1.807) is 6.08 Å². The van der Waals surface area contributed by atoms with Crippen molar-refractivity contribution in [1.82, 2.24) is 10.6 Å². The molecule has 0 aromatic carbocycles. The Kier molecular flexibility index (Phi) is 33.3. The van der Waals surface area contributed by atoms with Crippen LogP contribution < -0.4 is 10.6 Å². The van der Waals surface area contributed by atoms with Crippen LogP contribution in [0.4, 0.5) is 0 Å².